The van der Waals surface area contributed by atoms with Gasteiger partial charge < -0.3 is 42.0 Å². The third-order valence-electron chi connectivity index (χ3n) is 7.87. The monoisotopic (exact) mass is 670 g/mol. The molecule has 0 aliphatic carbocycles. The lowest BCUT2D eigenvalue weighted by atomic mass is 9.84. The highest BCUT2D eigenvalue weighted by Crippen LogP contribution is 2.39. The summed E-state index contributed by atoms with van der Waals surface area (Å²) in [6.45, 7) is 9.00. The number of carbonyl (C=O) groups is 3. The maximum absolute atomic E-state index is 15.0. The Labute approximate surface area is 280 Å². The summed E-state index contributed by atoms with van der Waals surface area (Å²) in [7, 11) is 1.61. The number of rotatable bonds is 15. The summed E-state index contributed by atoms with van der Waals surface area (Å²) in [5.41, 5.74) is 12.3. The Morgan fingerprint density at radius 3 is 2.40 bits per heavy atom. The van der Waals surface area contributed by atoms with Crippen LogP contribution in [0.15, 0.2) is 48.7 Å². The molecule has 1 heterocycles. The fourth-order valence-corrected chi connectivity index (χ4v) is 5.54. The van der Waals surface area contributed by atoms with Crippen LogP contribution < -0.4 is 27.4 Å². The van der Waals surface area contributed by atoms with Crippen molar-refractivity contribution in [3.63, 3.8) is 0 Å². The first kappa shape index (κ1) is 38.2. The molecule has 2 aromatic carbocycles. The van der Waals surface area contributed by atoms with Crippen molar-refractivity contribution < 1.29 is 28.3 Å². The van der Waals surface area contributed by atoms with E-state index in [1.165, 1.54) is 4.90 Å². The van der Waals surface area contributed by atoms with Gasteiger partial charge in [-0.2, -0.15) is 0 Å². The first-order chi connectivity index (χ1) is 22.6. The van der Waals surface area contributed by atoms with Gasteiger partial charge in [0.25, 0.3) is 0 Å². The summed E-state index contributed by atoms with van der Waals surface area (Å²) in [6, 6.07) is 7.42. The fourth-order valence-electron chi connectivity index (χ4n) is 5.54. The molecule has 0 aliphatic heterocycles. The molecule has 3 aromatic rings. The Morgan fingerprint density at radius 2 is 1.79 bits per heavy atom. The van der Waals surface area contributed by atoms with Crippen LogP contribution in [0.1, 0.15) is 58.5 Å². The van der Waals surface area contributed by atoms with E-state index in [4.69, 9.17) is 16.5 Å². The van der Waals surface area contributed by atoms with Crippen LogP contribution in [0, 0.1) is 17.0 Å². The topological polar surface area (TPSA) is 181 Å². The molecule has 0 aliphatic rings. The summed E-state index contributed by atoms with van der Waals surface area (Å²) in [5.74, 6) is -2.29. The van der Waals surface area contributed by atoms with Crippen LogP contribution in [0.5, 0.6) is 0 Å². The van der Waals surface area contributed by atoms with Gasteiger partial charge in [-0.25, -0.2) is 13.8 Å². The molecule has 1 aromatic heterocycles. The van der Waals surface area contributed by atoms with Crippen molar-refractivity contribution in [2.45, 2.75) is 71.8 Å². The normalized spacial score (nSPS) is 14.1. The second-order valence-corrected chi connectivity index (χ2v) is 12.9. The molecular weight excluding hydrogens is 622 g/mol. The Bertz CT molecular complexity index is 1570. The van der Waals surface area contributed by atoms with Gasteiger partial charge in [0.1, 0.15) is 36.1 Å². The van der Waals surface area contributed by atoms with Crippen molar-refractivity contribution >= 4 is 23.4 Å². The van der Waals surface area contributed by atoms with Crippen LogP contribution >= 0.6 is 0 Å². The van der Waals surface area contributed by atoms with Crippen molar-refractivity contribution in [1.29, 1.82) is 0 Å². The number of nitrogens with two attached hydrogens (primary N) is 2. The summed E-state index contributed by atoms with van der Waals surface area (Å²) < 4.78 is 31.0. The minimum absolute atomic E-state index is 0.0498. The number of anilines is 1. The van der Waals surface area contributed by atoms with Gasteiger partial charge >= 0.3 is 0 Å². The smallest absolute Gasteiger partial charge is 0.248 e. The molecule has 4 atom stereocenters. The van der Waals surface area contributed by atoms with Crippen LogP contribution in [0.4, 0.5) is 14.5 Å². The Hall–Kier alpha value is -4.24. The first-order valence-corrected chi connectivity index (χ1v) is 15.9. The number of halogens is 2. The van der Waals surface area contributed by atoms with E-state index >= 15 is 0 Å². The van der Waals surface area contributed by atoms with Gasteiger partial charge in [0.05, 0.1) is 11.7 Å². The van der Waals surface area contributed by atoms with Gasteiger partial charge in [-0.05, 0) is 75.2 Å². The number of nitrogens with one attached hydrogen (secondary N) is 3. The SMILES string of the molecule is CN[C@H](C(=O)N[C@@H](C)C(=O)Nc1cccc(Cn2cc(-c3cc(F)ccc3F)nc2[C@H](N(CCCN)C(=O)CO)C(C)(C)C)c1)C(C)N. The highest BCUT2D eigenvalue weighted by Gasteiger charge is 2.38. The zero-order valence-corrected chi connectivity index (χ0v) is 28.4. The molecular formula is C34H48F2N8O4. The van der Waals surface area contributed by atoms with Crippen LogP contribution in [-0.2, 0) is 20.9 Å². The number of carbonyl (C=O) groups excluding carboxylic acids is 3. The van der Waals surface area contributed by atoms with E-state index in [0.29, 0.717) is 24.5 Å². The van der Waals surface area contributed by atoms with Gasteiger partial charge in [0, 0.05) is 36.6 Å². The largest absolute Gasteiger partial charge is 0.387 e. The van der Waals surface area contributed by atoms with E-state index in [1.54, 1.807) is 49.9 Å². The van der Waals surface area contributed by atoms with Gasteiger partial charge in [-0.15, -0.1) is 0 Å². The predicted molar refractivity (Wildman–Crippen MR) is 181 cm³/mol. The van der Waals surface area contributed by atoms with E-state index in [1.807, 2.05) is 26.8 Å². The lowest BCUT2D eigenvalue weighted by molar-refractivity contribution is -0.139. The zero-order chi connectivity index (χ0) is 35.8. The number of imidazole rings is 1. The van der Waals surface area contributed by atoms with E-state index < -0.39 is 65.5 Å². The molecule has 3 rings (SSSR count). The number of hydrogen-bond acceptors (Lipinski definition) is 8. The lowest BCUT2D eigenvalue weighted by Gasteiger charge is -2.40. The third kappa shape index (κ3) is 9.66. The van der Waals surface area contributed by atoms with Gasteiger partial charge in [-0.3, -0.25) is 14.4 Å². The Morgan fingerprint density at radius 1 is 1.08 bits per heavy atom. The number of aromatic nitrogens is 2. The van der Waals surface area contributed by atoms with Crippen molar-refractivity contribution in [2.24, 2.45) is 16.9 Å². The number of amides is 3. The summed E-state index contributed by atoms with van der Waals surface area (Å²) in [5, 5.41) is 18.2. The number of benzene rings is 2. The van der Waals surface area contributed by atoms with Gasteiger partial charge in [-0.1, -0.05) is 32.9 Å². The molecule has 48 heavy (non-hydrogen) atoms. The maximum Gasteiger partial charge on any atom is 0.248 e. The second kappa shape index (κ2) is 16.7. The molecule has 0 saturated heterocycles. The van der Waals surface area contributed by atoms with E-state index in [2.05, 4.69) is 16.0 Å². The lowest BCUT2D eigenvalue weighted by Crippen LogP contribution is -2.55. The number of aliphatic hydroxyl groups excluding tert-OH is 1. The predicted octanol–water partition coefficient (Wildman–Crippen LogP) is 2.51. The molecule has 0 spiro atoms. The second-order valence-electron chi connectivity index (χ2n) is 12.9. The molecule has 1 unspecified atom stereocenters. The average Bonchev–Trinajstić information content (AvgIpc) is 3.41. The summed E-state index contributed by atoms with van der Waals surface area (Å²) in [6.07, 6.45) is 2.06. The van der Waals surface area contributed by atoms with Crippen molar-refractivity contribution in [3.8, 4) is 11.3 Å². The van der Waals surface area contributed by atoms with Gasteiger partial charge in [0.2, 0.25) is 17.7 Å². The first-order valence-electron chi connectivity index (χ1n) is 15.9. The molecule has 12 nitrogen and oxygen atoms in total. The van der Waals surface area contributed by atoms with Crippen LogP contribution in [-0.4, -0.2) is 82.1 Å². The van der Waals surface area contributed by atoms with E-state index in [0.717, 1.165) is 23.8 Å². The van der Waals surface area contributed by atoms with Crippen molar-refractivity contribution in [2.75, 3.05) is 32.1 Å². The molecule has 0 fully saturated rings. The number of aliphatic hydroxyl groups is 1. The molecule has 0 radical (unpaired) electrons. The Kier molecular flexibility index (Phi) is 13.3. The minimum atomic E-state index is -0.865. The highest BCUT2D eigenvalue weighted by atomic mass is 19.1. The Balaban J connectivity index is 2.03. The zero-order valence-electron chi connectivity index (χ0n) is 28.4. The van der Waals surface area contributed by atoms with Crippen molar-refractivity contribution in [3.05, 3.63) is 71.7 Å². The molecule has 8 N–H and O–H groups in total. The quantitative estimate of drug-likeness (QED) is 0.143. The van der Waals surface area contributed by atoms with E-state index in [9.17, 15) is 28.3 Å². The molecule has 3 amide bonds. The number of hydrogen-bond donors (Lipinski definition) is 6. The average molecular weight is 671 g/mol. The molecule has 0 saturated carbocycles. The van der Waals surface area contributed by atoms with Crippen LogP contribution in [0.25, 0.3) is 11.3 Å². The maximum atomic E-state index is 15.0. The summed E-state index contributed by atoms with van der Waals surface area (Å²) in [4.78, 5) is 45.0. The number of likely N-dealkylation sites (N-methyl/N-ethyl adjacent to an activating group) is 1. The molecule has 262 valence electrons. The molecule has 14 heteroatoms. The van der Waals surface area contributed by atoms with Gasteiger partial charge in [0.15, 0.2) is 0 Å². The summed E-state index contributed by atoms with van der Waals surface area (Å²) >= 11 is 0. The van der Waals surface area contributed by atoms with E-state index in [-0.39, 0.29) is 24.3 Å². The minimum Gasteiger partial charge on any atom is -0.387 e. The van der Waals surface area contributed by atoms with Crippen LogP contribution in [0.3, 0.4) is 0 Å². The third-order valence-corrected chi connectivity index (χ3v) is 7.87. The fraction of sp³-hybridized carbons (Fsp3) is 0.471. The van der Waals surface area contributed by atoms with Crippen molar-refractivity contribution in [1.82, 2.24) is 25.1 Å². The highest BCUT2D eigenvalue weighted by molar-refractivity contribution is 5.97. The van der Waals surface area contributed by atoms with Crippen LogP contribution in [0.2, 0.25) is 0 Å². The number of nitrogens with zero attached hydrogens (tertiary/aromatic N) is 3. The standard InChI is InChI=1S/C34H48F2N8O4/c1-20(38)29(39-6)33(48)40-21(2)32(47)41-24-10-7-9-22(15-24)17-43-18-27(25-16-23(35)11-12-26(25)36)42-31(43)30(34(3,4)5)44(14-8-13-37)28(46)19-45/h7,9-12,15-16,18,20-21,29-30,39,45H,8,13-14,17,19,37-38H2,1-6H3,(H,40,48)(H,41,47)/t20?,21-,29-,30-/m0/s1. The molecule has 0 bridgehead atoms.